The summed E-state index contributed by atoms with van der Waals surface area (Å²) in [5.74, 6) is 0.288. The maximum atomic E-state index is 12.8. The first-order chi connectivity index (χ1) is 12.7. The van der Waals surface area contributed by atoms with Crippen LogP contribution in [0.4, 0.5) is 18.0 Å². The molecule has 2 unspecified atom stereocenters. The van der Waals surface area contributed by atoms with Crippen LogP contribution in [-0.2, 0) is 21.1 Å². The molecule has 2 saturated heterocycles. The number of piperidine rings is 1. The van der Waals surface area contributed by atoms with Crippen LogP contribution in [0.5, 0.6) is 0 Å². The molecule has 1 N–H and O–H groups in total. The van der Waals surface area contributed by atoms with E-state index in [-0.39, 0.29) is 22.8 Å². The van der Waals surface area contributed by atoms with Crippen molar-refractivity contribution in [2.24, 2.45) is 11.8 Å². The molecule has 1 aromatic rings. The molecule has 2 saturated carbocycles. The standard InChI is InChI=1S/C19H19F3N2O3/c20-19(21,22)13-3-1-12(2-4-13)18-7-14(18)8-24(9-18)15(25)11-5-17(6-11)10-27-16(26)23-17/h1-4,11,14H,5-10H2,(H,23,26). The van der Waals surface area contributed by atoms with Gasteiger partial charge in [0, 0.05) is 24.4 Å². The van der Waals surface area contributed by atoms with Crippen molar-refractivity contribution in [3.05, 3.63) is 35.4 Å². The van der Waals surface area contributed by atoms with Crippen LogP contribution in [0.2, 0.25) is 0 Å². The maximum Gasteiger partial charge on any atom is 0.416 e. The highest BCUT2D eigenvalue weighted by molar-refractivity contribution is 5.82. The van der Waals surface area contributed by atoms with Gasteiger partial charge in [-0.25, -0.2) is 4.79 Å². The van der Waals surface area contributed by atoms with E-state index >= 15 is 0 Å². The van der Waals surface area contributed by atoms with Gasteiger partial charge in [0.25, 0.3) is 0 Å². The van der Waals surface area contributed by atoms with Gasteiger partial charge in [0.15, 0.2) is 0 Å². The number of alkyl carbamates (subject to hydrolysis) is 1. The quantitative estimate of drug-likeness (QED) is 0.858. The van der Waals surface area contributed by atoms with Gasteiger partial charge in [0.05, 0.1) is 11.1 Å². The fourth-order valence-corrected chi connectivity index (χ4v) is 5.12. The van der Waals surface area contributed by atoms with Crippen molar-refractivity contribution in [1.82, 2.24) is 10.2 Å². The summed E-state index contributed by atoms with van der Waals surface area (Å²) < 4.78 is 43.2. The zero-order valence-corrected chi connectivity index (χ0v) is 14.5. The lowest BCUT2D eigenvalue weighted by Gasteiger charge is -2.43. The van der Waals surface area contributed by atoms with Gasteiger partial charge in [-0.3, -0.25) is 4.79 Å². The zero-order valence-electron chi connectivity index (χ0n) is 14.5. The summed E-state index contributed by atoms with van der Waals surface area (Å²) in [6.45, 7) is 1.54. The molecule has 1 aromatic carbocycles. The molecule has 1 spiro atoms. The first-order valence-electron chi connectivity index (χ1n) is 9.12. The monoisotopic (exact) mass is 380 g/mol. The number of nitrogens with zero attached hydrogens (tertiary/aromatic N) is 1. The molecular weight excluding hydrogens is 361 g/mol. The molecule has 4 aliphatic rings. The average molecular weight is 380 g/mol. The van der Waals surface area contributed by atoms with Crippen LogP contribution in [-0.4, -0.2) is 42.1 Å². The predicted molar refractivity (Wildman–Crippen MR) is 87.7 cm³/mol. The highest BCUT2D eigenvalue weighted by Gasteiger charge is 2.63. The van der Waals surface area contributed by atoms with Gasteiger partial charge >= 0.3 is 12.3 Å². The Bertz CT molecular complexity index is 816. The van der Waals surface area contributed by atoms with Crippen LogP contribution in [0.1, 0.15) is 30.4 Å². The Kier molecular flexibility index (Phi) is 3.24. The van der Waals surface area contributed by atoms with E-state index in [2.05, 4.69) is 5.32 Å². The maximum absolute atomic E-state index is 12.8. The fourth-order valence-electron chi connectivity index (χ4n) is 5.12. The number of likely N-dealkylation sites (tertiary alicyclic amines) is 1. The molecule has 5 nitrogen and oxygen atoms in total. The number of hydrogen-bond acceptors (Lipinski definition) is 3. The Hall–Kier alpha value is -2.25. The summed E-state index contributed by atoms with van der Waals surface area (Å²) in [6.07, 6.45) is -2.67. The molecule has 5 rings (SSSR count). The number of hydrogen-bond donors (Lipinski definition) is 1. The molecular formula is C19H19F3N2O3. The fraction of sp³-hybridized carbons (Fsp3) is 0.579. The molecule has 8 heteroatoms. The number of carbonyl (C=O) groups is 2. The number of rotatable bonds is 2. The third-order valence-electron chi connectivity index (χ3n) is 6.71. The summed E-state index contributed by atoms with van der Waals surface area (Å²) in [7, 11) is 0. The summed E-state index contributed by atoms with van der Waals surface area (Å²) in [5.41, 5.74) is -0.333. The first-order valence-corrected chi connectivity index (χ1v) is 9.12. The van der Waals surface area contributed by atoms with Crippen LogP contribution >= 0.6 is 0 Å². The lowest BCUT2D eigenvalue weighted by Crippen LogP contribution is -2.58. The Morgan fingerprint density at radius 3 is 2.48 bits per heavy atom. The van der Waals surface area contributed by atoms with Gasteiger partial charge in [-0.15, -0.1) is 0 Å². The van der Waals surface area contributed by atoms with Gasteiger partial charge in [0.1, 0.15) is 6.61 Å². The van der Waals surface area contributed by atoms with Crippen LogP contribution in [0.15, 0.2) is 24.3 Å². The van der Waals surface area contributed by atoms with Gasteiger partial charge < -0.3 is 15.0 Å². The molecule has 0 radical (unpaired) electrons. The lowest BCUT2D eigenvalue weighted by atomic mass is 9.68. The third-order valence-corrected chi connectivity index (χ3v) is 6.71. The van der Waals surface area contributed by atoms with Crippen molar-refractivity contribution < 1.29 is 27.5 Å². The van der Waals surface area contributed by atoms with Gasteiger partial charge in [-0.1, -0.05) is 12.1 Å². The molecule has 2 amide bonds. The van der Waals surface area contributed by atoms with Crippen molar-refractivity contribution in [2.45, 2.75) is 36.4 Å². The smallest absolute Gasteiger partial charge is 0.416 e. The van der Waals surface area contributed by atoms with Crippen molar-refractivity contribution in [3.8, 4) is 0 Å². The topological polar surface area (TPSA) is 58.6 Å². The van der Waals surface area contributed by atoms with E-state index in [4.69, 9.17) is 4.74 Å². The highest BCUT2D eigenvalue weighted by atomic mass is 19.4. The van der Waals surface area contributed by atoms with Crippen molar-refractivity contribution in [1.29, 1.82) is 0 Å². The minimum absolute atomic E-state index is 0.0836. The van der Waals surface area contributed by atoms with Crippen LogP contribution in [0.25, 0.3) is 0 Å². The van der Waals surface area contributed by atoms with Crippen molar-refractivity contribution >= 4 is 12.0 Å². The zero-order chi connectivity index (χ0) is 19.0. The molecule has 27 heavy (non-hydrogen) atoms. The number of nitrogens with one attached hydrogen (secondary N) is 1. The number of carbonyl (C=O) groups excluding carboxylic acids is 2. The summed E-state index contributed by atoms with van der Waals surface area (Å²) in [6, 6.07) is 5.37. The number of halogens is 3. The Morgan fingerprint density at radius 1 is 1.19 bits per heavy atom. The minimum atomic E-state index is -4.34. The Labute approximate surface area is 153 Å². The number of fused-ring (bicyclic) bond motifs is 1. The molecule has 2 heterocycles. The van der Waals surface area contributed by atoms with E-state index in [0.717, 1.165) is 24.1 Å². The second kappa shape index (κ2) is 5.17. The van der Waals surface area contributed by atoms with E-state index in [1.807, 2.05) is 4.90 Å². The summed E-state index contributed by atoms with van der Waals surface area (Å²) >= 11 is 0. The number of amides is 2. The molecule has 0 aromatic heterocycles. The number of cyclic esters (lactones) is 1. The Morgan fingerprint density at radius 2 is 1.89 bits per heavy atom. The normalized spacial score (nSPS) is 36.9. The van der Waals surface area contributed by atoms with Crippen molar-refractivity contribution in [3.63, 3.8) is 0 Å². The molecule has 0 bridgehead atoms. The minimum Gasteiger partial charge on any atom is -0.447 e. The molecule has 2 aliphatic carbocycles. The highest BCUT2D eigenvalue weighted by Crippen LogP contribution is 2.59. The van der Waals surface area contributed by atoms with Crippen molar-refractivity contribution in [2.75, 3.05) is 19.7 Å². The molecule has 4 fully saturated rings. The van der Waals surface area contributed by atoms with E-state index in [1.165, 1.54) is 0 Å². The summed E-state index contributed by atoms with van der Waals surface area (Å²) in [5, 5.41) is 2.79. The number of benzene rings is 1. The van der Waals surface area contributed by atoms with Gasteiger partial charge in [-0.2, -0.15) is 13.2 Å². The van der Waals surface area contributed by atoms with Crippen LogP contribution < -0.4 is 5.32 Å². The van der Waals surface area contributed by atoms with E-state index in [0.29, 0.717) is 38.5 Å². The van der Waals surface area contributed by atoms with E-state index < -0.39 is 17.8 Å². The second-order valence-corrected chi connectivity index (χ2v) is 8.44. The number of ether oxygens (including phenoxy) is 1. The molecule has 144 valence electrons. The van der Waals surface area contributed by atoms with Crippen LogP contribution in [0.3, 0.4) is 0 Å². The molecule has 2 aliphatic heterocycles. The van der Waals surface area contributed by atoms with E-state index in [1.54, 1.807) is 12.1 Å². The third kappa shape index (κ3) is 2.52. The SMILES string of the molecule is O=C1NC2(CO1)CC(C(=O)N1CC3CC3(c3ccc(C(F)(F)F)cc3)C1)C2. The largest absolute Gasteiger partial charge is 0.447 e. The van der Waals surface area contributed by atoms with E-state index in [9.17, 15) is 22.8 Å². The molecule has 2 atom stereocenters. The Balaban J connectivity index is 1.24. The predicted octanol–water partition coefficient (Wildman–Crippen LogP) is 2.69. The summed E-state index contributed by atoms with van der Waals surface area (Å²) in [4.78, 5) is 25.9. The first kappa shape index (κ1) is 16.9. The average Bonchev–Trinajstić information content (AvgIpc) is 2.96. The lowest BCUT2D eigenvalue weighted by molar-refractivity contribution is -0.140. The van der Waals surface area contributed by atoms with Gasteiger partial charge in [0.2, 0.25) is 5.91 Å². The van der Waals surface area contributed by atoms with Crippen LogP contribution in [0, 0.1) is 11.8 Å². The number of alkyl halides is 3. The second-order valence-electron chi connectivity index (χ2n) is 8.44. The van der Waals surface area contributed by atoms with Gasteiger partial charge in [-0.05, 0) is 42.9 Å².